The number of morpholine rings is 1. The van der Waals surface area contributed by atoms with E-state index >= 15 is 9.59 Å². The molecule has 27 nitrogen and oxygen atoms in total. The van der Waals surface area contributed by atoms with Gasteiger partial charge in [0.25, 0.3) is 0 Å². The summed E-state index contributed by atoms with van der Waals surface area (Å²) in [7, 11) is 9.92. The van der Waals surface area contributed by atoms with Gasteiger partial charge in [-0.25, -0.2) is 0 Å². The molecule has 0 bridgehead atoms. The Morgan fingerprint density at radius 1 is 0.505 bits per heavy atom. The molecule has 28 heteroatoms. The Kier molecular flexibility index (Phi) is 44.3. The van der Waals surface area contributed by atoms with E-state index in [1.165, 1.54) is 87.7 Å². The third kappa shape index (κ3) is 31.1. The zero-order valence-electron chi connectivity index (χ0n) is 69.5. The molecule has 612 valence electrons. The molecule has 0 saturated carbocycles. The van der Waals surface area contributed by atoms with Crippen molar-refractivity contribution in [1.29, 1.82) is 0 Å². The van der Waals surface area contributed by atoms with Crippen molar-refractivity contribution in [3.8, 4) is 11.5 Å². The predicted molar refractivity (Wildman–Crippen MR) is 420 cm³/mol. The number of benzene rings is 1. The normalized spacial score (nSPS) is 24.5. The molecule has 12 unspecified atom stereocenters. The number of amides is 11. The largest absolute Gasteiger partial charge is 0.494 e. The summed E-state index contributed by atoms with van der Waals surface area (Å²) in [6, 6.07) is -4.40. The summed E-state index contributed by atoms with van der Waals surface area (Å²) < 4.78 is 16.7. The molecule has 107 heavy (non-hydrogen) atoms. The molecule has 12 atom stereocenters. The number of aliphatic hydroxyl groups is 1. The Hall–Kier alpha value is -7.10. The number of carbonyl (C=O) groups is 11. The van der Waals surface area contributed by atoms with Crippen LogP contribution in [0.1, 0.15) is 182 Å². The Balaban J connectivity index is 0.00000220. The summed E-state index contributed by atoms with van der Waals surface area (Å²) in [5, 5.41) is 23.1. The third-order valence-corrected chi connectivity index (χ3v) is 19.7. The van der Waals surface area contributed by atoms with Gasteiger partial charge in [-0.2, -0.15) is 0 Å². The molecule has 2 fully saturated rings. The number of likely N-dealkylation sites (N-methyl/N-ethyl adjacent to an activating group) is 7. The number of halogens is 1. The van der Waals surface area contributed by atoms with E-state index in [9.17, 15) is 48.3 Å². The summed E-state index contributed by atoms with van der Waals surface area (Å²) in [4.78, 5) is 171. The maximum Gasteiger partial charge on any atom is 0.246 e. The van der Waals surface area contributed by atoms with Crippen LogP contribution in [0, 0.1) is 41.4 Å². The number of hydrogen-bond acceptors (Lipinski definition) is 16. The molecule has 2 heterocycles. The van der Waals surface area contributed by atoms with Gasteiger partial charge in [-0.05, 0) is 138 Å². The SMILES string of the molecule is CC=CCC(C)C(O)C1C(=O)NC(CC)C(=O)N(C)CC(=O)N(C)C(CC(C)C)C(=O)NC(C(C)C)C(=O)N(C)C(CC(C)C)C(=O)NC(C)C(=O)NC(C)C(=O)N(C)C(CC(C)C)C(=O)N(C)C(CC(C)C)C(=O)N(C)C(C(C)C)C(=O)N1C.CCCCOc1ccc(OCCCN2CCOCC2)cc1.Cl. The van der Waals surface area contributed by atoms with Crippen LogP contribution in [0.25, 0.3) is 0 Å². The summed E-state index contributed by atoms with van der Waals surface area (Å²) in [5.41, 5.74) is 0. The van der Waals surface area contributed by atoms with Crippen LogP contribution >= 0.6 is 12.4 Å². The van der Waals surface area contributed by atoms with Crippen LogP contribution in [0.3, 0.4) is 0 Å². The van der Waals surface area contributed by atoms with E-state index in [0.29, 0.717) is 6.42 Å². The molecule has 3 rings (SSSR count). The van der Waals surface area contributed by atoms with Crippen molar-refractivity contribution in [1.82, 2.24) is 60.5 Å². The van der Waals surface area contributed by atoms with Gasteiger partial charge in [-0.1, -0.05) is 122 Å². The lowest BCUT2D eigenvalue weighted by atomic mass is 9.91. The van der Waals surface area contributed by atoms with Crippen LogP contribution < -0.4 is 30.7 Å². The lowest BCUT2D eigenvalue weighted by Crippen LogP contribution is -2.63. The van der Waals surface area contributed by atoms with Crippen molar-refractivity contribution in [2.24, 2.45) is 41.4 Å². The molecule has 2 aliphatic rings. The average molecular weight is 1530 g/mol. The van der Waals surface area contributed by atoms with Crippen molar-refractivity contribution >= 4 is 77.4 Å². The van der Waals surface area contributed by atoms with Gasteiger partial charge in [-0.3, -0.25) is 57.6 Å². The zero-order valence-corrected chi connectivity index (χ0v) is 70.3. The fraction of sp³-hybridized carbons (Fsp3) is 0.759. The highest BCUT2D eigenvalue weighted by atomic mass is 35.5. The Bertz CT molecular complexity index is 2980. The molecular formula is C79H139ClN12O15. The van der Waals surface area contributed by atoms with Gasteiger partial charge in [0.15, 0.2) is 0 Å². The number of carbonyl (C=O) groups excluding carboxylic acids is 11. The highest BCUT2D eigenvalue weighted by Gasteiger charge is 2.46. The second-order valence-electron chi connectivity index (χ2n) is 31.4. The van der Waals surface area contributed by atoms with E-state index in [0.717, 1.165) is 86.6 Å². The van der Waals surface area contributed by atoms with E-state index in [1.807, 2.05) is 85.7 Å². The van der Waals surface area contributed by atoms with Crippen LogP contribution in [0.2, 0.25) is 0 Å². The molecule has 5 N–H and O–H groups in total. The molecule has 0 radical (unpaired) electrons. The summed E-state index contributed by atoms with van der Waals surface area (Å²) in [6.45, 7) is 37.9. The van der Waals surface area contributed by atoms with Gasteiger partial charge in [0, 0.05) is 69.0 Å². The summed E-state index contributed by atoms with van der Waals surface area (Å²) in [6.07, 6.45) is 6.35. The van der Waals surface area contributed by atoms with E-state index in [2.05, 4.69) is 33.1 Å². The molecule has 1 aromatic rings. The molecular weight excluding hydrogens is 1390 g/mol. The molecule has 2 saturated heterocycles. The van der Waals surface area contributed by atoms with Gasteiger partial charge in [0.1, 0.15) is 71.9 Å². The molecule has 1 aromatic carbocycles. The topological polar surface area (TPSA) is 310 Å². The first-order valence-electron chi connectivity index (χ1n) is 38.6. The van der Waals surface area contributed by atoms with E-state index < -0.39 is 156 Å². The van der Waals surface area contributed by atoms with Crippen molar-refractivity contribution in [3.63, 3.8) is 0 Å². The standard InChI is InChI=1S/C62H111N11O12.C17H27NO3.ClH/c1-25-27-28-40(15)52(75)51-56(79)65-43(26-2)58(81)67(18)33-48(74)68(19)44(29-34(3)4)55(78)66-49(38(11)12)61(84)69(20)45(30-35(5)6)54(77)63-41(16)53(76)64-42(17)57(80)70(21)46(31-36(7)8)59(82)71(22)47(32-37(9)10)60(83)72(23)50(39(13)14)62(85)73(51)24;1-2-3-12-20-16-5-7-17(8-6-16)21-13-4-9-18-10-14-19-15-11-18;/h25,27,34-47,49-52,75H,26,28-33H2,1-24H3,(H,63,77)(H,64,76)(H,65,79)(H,66,78);5-8H,2-4,9-15H2,1H3;1H. The predicted octanol–water partition coefficient (Wildman–Crippen LogP) is 6.66. The van der Waals surface area contributed by atoms with Gasteiger partial charge < -0.3 is 74.9 Å². The molecule has 2 aliphatic heterocycles. The van der Waals surface area contributed by atoms with Gasteiger partial charge in [0.2, 0.25) is 65.0 Å². The van der Waals surface area contributed by atoms with Gasteiger partial charge >= 0.3 is 0 Å². The number of rotatable bonds is 24. The minimum Gasteiger partial charge on any atom is -0.494 e. The molecule has 11 amide bonds. The van der Waals surface area contributed by atoms with Crippen LogP contribution in [-0.4, -0.2) is 278 Å². The van der Waals surface area contributed by atoms with Gasteiger partial charge in [0.05, 0.1) is 39.1 Å². The number of unbranched alkanes of at least 4 members (excludes halogenated alkanes) is 1. The lowest BCUT2D eigenvalue weighted by molar-refractivity contribution is -0.157. The molecule has 0 spiro atoms. The first kappa shape index (κ1) is 97.9. The second-order valence-corrected chi connectivity index (χ2v) is 31.4. The highest BCUT2D eigenvalue weighted by Crippen LogP contribution is 2.27. The fourth-order valence-electron chi connectivity index (χ4n) is 13.0. The Morgan fingerprint density at radius 3 is 1.41 bits per heavy atom. The van der Waals surface area contributed by atoms with E-state index in [4.69, 9.17) is 14.2 Å². The summed E-state index contributed by atoms with van der Waals surface area (Å²) >= 11 is 0. The zero-order chi connectivity index (χ0) is 80.7. The Labute approximate surface area is 647 Å². The Morgan fingerprint density at radius 2 is 0.944 bits per heavy atom. The van der Waals surface area contributed by atoms with Crippen molar-refractivity contribution in [2.45, 2.75) is 249 Å². The third-order valence-electron chi connectivity index (χ3n) is 19.7. The minimum absolute atomic E-state index is 0. The van der Waals surface area contributed by atoms with Crippen LogP contribution in [0.4, 0.5) is 0 Å². The van der Waals surface area contributed by atoms with E-state index in [-0.39, 0.29) is 68.2 Å². The maximum absolute atomic E-state index is 15.1. The minimum atomic E-state index is -1.61. The molecule has 0 aliphatic carbocycles. The lowest BCUT2D eigenvalue weighted by Gasteiger charge is -2.41. The van der Waals surface area contributed by atoms with Gasteiger partial charge in [-0.15, -0.1) is 12.4 Å². The first-order valence-corrected chi connectivity index (χ1v) is 38.6. The second kappa shape index (κ2) is 48.4. The maximum atomic E-state index is 15.1. The summed E-state index contributed by atoms with van der Waals surface area (Å²) in [5.74, 6) is -7.87. The molecule has 0 aromatic heterocycles. The van der Waals surface area contributed by atoms with Crippen LogP contribution in [0.5, 0.6) is 11.5 Å². The monoisotopic (exact) mass is 1530 g/mol. The number of ether oxygens (including phenoxy) is 3. The quantitative estimate of drug-likeness (QED) is 0.0534. The fourth-order valence-corrected chi connectivity index (χ4v) is 13.0. The average Bonchev–Trinajstić information content (AvgIpc) is 0.799. The van der Waals surface area contributed by atoms with Crippen LogP contribution in [-0.2, 0) is 57.5 Å². The smallest absolute Gasteiger partial charge is 0.246 e. The van der Waals surface area contributed by atoms with Crippen molar-refractivity contribution < 1.29 is 72.1 Å². The highest BCUT2D eigenvalue weighted by molar-refractivity contribution is 5.99. The van der Waals surface area contributed by atoms with Crippen molar-refractivity contribution in [3.05, 3.63) is 36.4 Å². The van der Waals surface area contributed by atoms with E-state index in [1.54, 1.807) is 54.5 Å². The number of nitrogens with one attached hydrogen (secondary N) is 4. The first-order chi connectivity index (χ1) is 49.6. The number of nitrogens with zero attached hydrogens (tertiary/aromatic N) is 8. The number of aliphatic hydroxyl groups excluding tert-OH is 1. The van der Waals surface area contributed by atoms with Crippen molar-refractivity contribution in [2.75, 3.05) is 102 Å². The number of allylic oxidation sites excluding steroid dienone is 2. The number of hydrogen-bond donors (Lipinski definition) is 5. The van der Waals surface area contributed by atoms with Crippen LogP contribution in [0.15, 0.2) is 36.4 Å².